The lowest BCUT2D eigenvalue weighted by Gasteiger charge is -2.22. The minimum atomic E-state index is 0. The number of guanidine groups is 1. The zero-order chi connectivity index (χ0) is 22.8. The molecule has 1 unspecified atom stereocenters. The lowest BCUT2D eigenvalue weighted by molar-refractivity contribution is 0.0906. The molecule has 1 fully saturated rings. The van der Waals surface area contributed by atoms with Gasteiger partial charge in [0.15, 0.2) is 17.5 Å². The summed E-state index contributed by atoms with van der Waals surface area (Å²) in [6.45, 7) is 6.70. The Bertz CT molecular complexity index is 879. The molecule has 8 heteroatoms. The van der Waals surface area contributed by atoms with E-state index in [4.69, 9.17) is 23.9 Å². The summed E-state index contributed by atoms with van der Waals surface area (Å²) in [5.41, 5.74) is 2.16. The lowest BCUT2D eigenvalue weighted by Crippen LogP contribution is -2.40. The summed E-state index contributed by atoms with van der Waals surface area (Å²) in [4.78, 5) is 7.19. The highest BCUT2D eigenvalue weighted by Gasteiger charge is 2.25. The fourth-order valence-electron chi connectivity index (χ4n) is 3.88. The average Bonchev–Trinajstić information content (AvgIpc) is 3.30. The smallest absolute Gasteiger partial charge is 0.194 e. The van der Waals surface area contributed by atoms with Crippen molar-refractivity contribution in [2.24, 2.45) is 10.9 Å². The van der Waals surface area contributed by atoms with E-state index in [1.807, 2.05) is 30.3 Å². The van der Waals surface area contributed by atoms with E-state index in [0.29, 0.717) is 30.6 Å². The number of ether oxygens (including phenoxy) is 4. The predicted octanol–water partition coefficient (Wildman–Crippen LogP) is 4.33. The van der Waals surface area contributed by atoms with Crippen molar-refractivity contribution < 1.29 is 18.9 Å². The van der Waals surface area contributed by atoms with Crippen LogP contribution in [-0.2, 0) is 17.9 Å². The summed E-state index contributed by atoms with van der Waals surface area (Å²) < 4.78 is 22.3. The average molecular weight is 569 g/mol. The minimum Gasteiger partial charge on any atom is -0.496 e. The number of nitrogens with one attached hydrogen (secondary N) is 1. The molecule has 1 N–H and O–H groups in total. The highest BCUT2D eigenvalue weighted by atomic mass is 127. The van der Waals surface area contributed by atoms with Crippen molar-refractivity contribution in [1.29, 1.82) is 0 Å². The Kier molecular flexibility index (Phi) is 11.6. The first-order chi connectivity index (χ1) is 15.7. The van der Waals surface area contributed by atoms with E-state index in [1.54, 1.807) is 21.3 Å². The van der Waals surface area contributed by atoms with Crippen molar-refractivity contribution >= 4 is 29.9 Å². The van der Waals surface area contributed by atoms with Gasteiger partial charge in [-0.25, -0.2) is 4.99 Å². The first-order valence-corrected chi connectivity index (χ1v) is 11.1. The second-order valence-electron chi connectivity index (χ2n) is 7.79. The van der Waals surface area contributed by atoms with E-state index in [1.165, 1.54) is 5.56 Å². The number of hydrogen-bond acceptors (Lipinski definition) is 5. The monoisotopic (exact) mass is 569 g/mol. The van der Waals surface area contributed by atoms with Crippen molar-refractivity contribution in [3.8, 4) is 17.2 Å². The number of nitrogens with zero attached hydrogens (tertiary/aromatic N) is 2. The van der Waals surface area contributed by atoms with Gasteiger partial charge in [0.25, 0.3) is 0 Å². The zero-order valence-electron chi connectivity index (χ0n) is 20.0. The normalized spacial score (nSPS) is 15.7. The molecule has 0 saturated carbocycles. The van der Waals surface area contributed by atoms with Crippen LogP contribution in [0.1, 0.15) is 24.5 Å². The molecule has 2 aromatic rings. The van der Waals surface area contributed by atoms with Crippen LogP contribution in [0.5, 0.6) is 17.2 Å². The van der Waals surface area contributed by atoms with Crippen molar-refractivity contribution in [3.63, 3.8) is 0 Å². The van der Waals surface area contributed by atoms with Crippen molar-refractivity contribution in [3.05, 3.63) is 53.6 Å². The van der Waals surface area contributed by atoms with Crippen LogP contribution in [0.15, 0.2) is 47.5 Å². The van der Waals surface area contributed by atoms with E-state index < -0.39 is 0 Å². The summed E-state index contributed by atoms with van der Waals surface area (Å²) in [5.74, 6) is 3.45. The summed E-state index contributed by atoms with van der Waals surface area (Å²) in [7, 11) is 4.90. The first-order valence-electron chi connectivity index (χ1n) is 11.1. The minimum absolute atomic E-state index is 0. The molecule has 0 amide bonds. The van der Waals surface area contributed by atoms with Gasteiger partial charge in [0.1, 0.15) is 5.75 Å². The van der Waals surface area contributed by atoms with Crippen LogP contribution < -0.4 is 19.5 Å². The van der Waals surface area contributed by atoms with Gasteiger partial charge in [-0.05, 0) is 25.0 Å². The largest absolute Gasteiger partial charge is 0.496 e. The molecule has 7 nitrogen and oxygen atoms in total. The van der Waals surface area contributed by atoms with Gasteiger partial charge in [-0.3, -0.25) is 0 Å². The third-order valence-corrected chi connectivity index (χ3v) is 5.57. The maximum absolute atomic E-state index is 5.97. The highest BCUT2D eigenvalue weighted by Crippen LogP contribution is 2.35. The molecule has 33 heavy (non-hydrogen) atoms. The molecule has 182 valence electrons. The zero-order valence-corrected chi connectivity index (χ0v) is 22.3. The summed E-state index contributed by atoms with van der Waals surface area (Å²) in [6.07, 6.45) is 1.10. The van der Waals surface area contributed by atoms with E-state index in [-0.39, 0.29) is 24.0 Å². The lowest BCUT2D eigenvalue weighted by atomic mass is 10.1. The number of benzene rings is 2. The Hall–Kier alpha value is -2.20. The molecule has 1 heterocycles. The molecule has 2 aromatic carbocycles. The van der Waals surface area contributed by atoms with Gasteiger partial charge in [0, 0.05) is 37.2 Å². The summed E-state index contributed by atoms with van der Waals surface area (Å²) >= 11 is 0. The van der Waals surface area contributed by atoms with Crippen LogP contribution >= 0.6 is 24.0 Å². The Morgan fingerprint density at radius 2 is 1.73 bits per heavy atom. The first kappa shape index (κ1) is 27.0. The quantitative estimate of drug-likeness (QED) is 0.261. The number of methoxy groups -OCH3 is 3. The molecule has 1 atom stereocenters. The van der Waals surface area contributed by atoms with Crippen molar-refractivity contribution in [1.82, 2.24) is 10.2 Å². The molecule has 0 spiro atoms. The molecular weight excluding hydrogens is 533 g/mol. The fraction of sp³-hybridized carbons (Fsp3) is 0.480. The number of hydrogen-bond donors (Lipinski definition) is 1. The molecule has 0 aromatic heterocycles. The van der Waals surface area contributed by atoms with E-state index in [0.717, 1.165) is 49.9 Å². The molecule has 1 saturated heterocycles. The number of rotatable bonds is 10. The number of halogens is 1. The maximum Gasteiger partial charge on any atom is 0.194 e. The van der Waals surface area contributed by atoms with Crippen LogP contribution in [0.25, 0.3) is 0 Å². The molecule has 0 bridgehead atoms. The number of likely N-dealkylation sites (tertiary alicyclic amines) is 1. The van der Waals surface area contributed by atoms with Crippen LogP contribution in [0, 0.1) is 5.92 Å². The highest BCUT2D eigenvalue weighted by molar-refractivity contribution is 14.0. The fourth-order valence-corrected chi connectivity index (χ4v) is 3.88. The summed E-state index contributed by atoms with van der Waals surface area (Å²) in [6, 6.07) is 14.1. The Balaban J connectivity index is 0.00000385. The topological polar surface area (TPSA) is 64.6 Å². The van der Waals surface area contributed by atoms with Gasteiger partial charge < -0.3 is 29.2 Å². The third-order valence-electron chi connectivity index (χ3n) is 5.57. The van der Waals surface area contributed by atoms with Gasteiger partial charge in [-0.1, -0.05) is 30.3 Å². The standard InChI is InChI=1S/C25H35N3O4.HI/c1-5-26-25(27-15-21-13-23(30-3)24(31-4)14-22(21)29-2)28-12-11-20(16-28)18-32-17-19-9-7-6-8-10-19;/h6-10,13-14,20H,5,11-12,15-18H2,1-4H3,(H,26,27);1H. The predicted molar refractivity (Wildman–Crippen MR) is 142 cm³/mol. The Morgan fingerprint density at radius 3 is 2.39 bits per heavy atom. The Morgan fingerprint density at radius 1 is 1.03 bits per heavy atom. The van der Waals surface area contributed by atoms with Gasteiger partial charge in [-0.15, -0.1) is 24.0 Å². The second-order valence-corrected chi connectivity index (χ2v) is 7.79. The van der Waals surface area contributed by atoms with Crippen molar-refractivity contribution in [2.75, 3.05) is 47.6 Å². The van der Waals surface area contributed by atoms with Crippen molar-refractivity contribution in [2.45, 2.75) is 26.5 Å². The van der Waals surface area contributed by atoms with Gasteiger partial charge in [0.05, 0.1) is 41.1 Å². The van der Waals surface area contributed by atoms with Crippen LogP contribution in [0.4, 0.5) is 0 Å². The molecule has 1 aliphatic heterocycles. The van der Waals surface area contributed by atoms with Gasteiger partial charge in [-0.2, -0.15) is 0 Å². The van der Waals surface area contributed by atoms with E-state index in [2.05, 4.69) is 29.3 Å². The molecule has 0 aliphatic carbocycles. The second kappa shape index (κ2) is 14.1. The number of aliphatic imine (C=N–C) groups is 1. The van der Waals surface area contributed by atoms with E-state index >= 15 is 0 Å². The summed E-state index contributed by atoms with van der Waals surface area (Å²) in [5, 5.41) is 3.42. The van der Waals surface area contributed by atoms with Crippen LogP contribution in [-0.4, -0.2) is 58.4 Å². The third kappa shape index (κ3) is 7.67. The molecule has 1 aliphatic rings. The SMILES string of the molecule is CCNC(=NCc1cc(OC)c(OC)cc1OC)N1CCC(COCc2ccccc2)C1.I. The van der Waals surface area contributed by atoms with Gasteiger partial charge in [0.2, 0.25) is 0 Å². The Labute approximate surface area is 214 Å². The van der Waals surface area contributed by atoms with E-state index in [9.17, 15) is 0 Å². The molecule has 0 radical (unpaired) electrons. The van der Waals surface area contributed by atoms with Crippen LogP contribution in [0.3, 0.4) is 0 Å². The van der Waals surface area contributed by atoms with Gasteiger partial charge >= 0.3 is 0 Å². The molecule has 3 rings (SSSR count). The maximum atomic E-state index is 5.97. The molecular formula is C25H36IN3O4. The van der Waals surface area contributed by atoms with Crippen LogP contribution in [0.2, 0.25) is 0 Å².